The highest BCUT2D eigenvalue weighted by molar-refractivity contribution is 6.34. The quantitative estimate of drug-likeness (QED) is 0.238. The molecule has 1 aliphatic carbocycles. The van der Waals surface area contributed by atoms with E-state index in [0.29, 0.717) is 16.7 Å². The van der Waals surface area contributed by atoms with Crippen LogP contribution in [0.3, 0.4) is 0 Å². The minimum absolute atomic E-state index is 0.0765. The smallest absolute Gasteiger partial charge is 0.402 e. The molecule has 2 aliphatic rings. The van der Waals surface area contributed by atoms with Gasteiger partial charge in [-0.2, -0.15) is 13.2 Å². The molecule has 1 aliphatic heterocycles. The van der Waals surface area contributed by atoms with E-state index in [1.54, 1.807) is 26.2 Å². The topological polar surface area (TPSA) is 49.9 Å². The van der Waals surface area contributed by atoms with Crippen LogP contribution in [0.1, 0.15) is 49.4 Å². The molecule has 5 nitrogen and oxygen atoms in total. The van der Waals surface area contributed by atoms with E-state index in [1.807, 2.05) is 6.07 Å². The third kappa shape index (κ3) is 10.2. The molecule has 1 atom stereocenters. The standard InChI is InChI=1S/C20H29ClN2O2.C10H11F3O/c1-22(2)20(24)18-5-4-16(13-19(18)21)25-17-11-15(12-17)10-14-6-8-23(3)9-7-14;1-3-5-6-8(4-2)9(7-14)10(11,12)13/h4-5,13-15,17H,6-12H2,1-3H3;3-7,9H,1H2,2H3/b;6-5-,8-4+. The molecule has 1 amide bonds. The predicted octanol–water partition coefficient (Wildman–Crippen LogP) is 6.98. The van der Waals surface area contributed by atoms with Crippen LogP contribution in [-0.4, -0.2) is 68.5 Å². The van der Waals surface area contributed by atoms with E-state index < -0.39 is 12.1 Å². The summed E-state index contributed by atoms with van der Waals surface area (Å²) in [5.41, 5.74) is 0.445. The zero-order valence-electron chi connectivity index (χ0n) is 23.2. The first-order chi connectivity index (χ1) is 18.4. The molecular weight excluding hydrogens is 529 g/mol. The van der Waals surface area contributed by atoms with Gasteiger partial charge in [0.2, 0.25) is 0 Å². The van der Waals surface area contributed by atoms with Gasteiger partial charge in [0.15, 0.2) is 0 Å². The van der Waals surface area contributed by atoms with E-state index in [2.05, 4.69) is 18.5 Å². The summed E-state index contributed by atoms with van der Waals surface area (Å²) >= 11 is 6.25. The number of nitrogens with zero attached hydrogens (tertiary/aromatic N) is 2. The summed E-state index contributed by atoms with van der Waals surface area (Å²) < 4.78 is 42.8. The summed E-state index contributed by atoms with van der Waals surface area (Å²) in [6, 6.07) is 5.38. The fourth-order valence-electron chi connectivity index (χ4n) is 4.81. The summed E-state index contributed by atoms with van der Waals surface area (Å²) in [4.78, 5) is 26.3. The van der Waals surface area contributed by atoms with Gasteiger partial charge in [0.25, 0.3) is 5.91 Å². The first-order valence-electron chi connectivity index (χ1n) is 13.2. The van der Waals surface area contributed by atoms with E-state index in [-0.39, 0.29) is 17.8 Å². The largest absolute Gasteiger partial charge is 0.490 e. The number of aldehydes is 1. The molecule has 0 radical (unpaired) electrons. The molecule has 1 saturated heterocycles. The Bertz CT molecular complexity index is 1020. The van der Waals surface area contributed by atoms with Crippen molar-refractivity contribution in [2.24, 2.45) is 17.8 Å². The van der Waals surface area contributed by atoms with E-state index in [9.17, 15) is 22.8 Å². The average molecular weight is 569 g/mol. The van der Waals surface area contributed by atoms with Gasteiger partial charge in [-0.1, -0.05) is 42.5 Å². The lowest BCUT2D eigenvalue weighted by molar-refractivity contribution is -0.165. The van der Waals surface area contributed by atoms with Gasteiger partial charge in [0.05, 0.1) is 16.7 Å². The zero-order chi connectivity index (χ0) is 29.2. The normalized spacial score (nSPS) is 21.4. The molecule has 1 unspecified atom stereocenters. The van der Waals surface area contributed by atoms with Gasteiger partial charge in [-0.15, -0.1) is 0 Å². The SMILES string of the molecule is C=C/C=C\C(=C/C)C(C=O)C(F)(F)F.CN1CCC(CC2CC(Oc3ccc(C(=O)N(C)C)c(Cl)c3)C2)CC1. The van der Waals surface area contributed by atoms with E-state index >= 15 is 0 Å². The molecule has 2 fully saturated rings. The molecule has 0 aromatic heterocycles. The van der Waals surface area contributed by atoms with Crippen molar-refractivity contribution >= 4 is 23.8 Å². The number of ether oxygens (including phenoxy) is 1. The molecule has 0 bridgehead atoms. The molecule has 1 aromatic rings. The Labute approximate surface area is 235 Å². The van der Waals surface area contributed by atoms with Crippen LogP contribution in [-0.2, 0) is 4.79 Å². The highest BCUT2D eigenvalue weighted by Crippen LogP contribution is 2.38. The molecule has 1 heterocycles. The summed E-state index contributed by atoms with van der Waals surface area (Å²) in [7, 11) is 5.66. The number of alkyl halides is 3. The lowest BCUT2D eigenvalue weighted by Gasteiger charge is -2.39. The van der Waals surface area contributed by atoms with Crippen LogP contribution in [0.2, 0.25) is 5.02 Å². The van der Waals surface area contributed by atoms with E-state index in [4.69, 9.17) is 16.3 Å². The molecule has 39 heavy (non-hydrogen) atoms. The van der Waals surface area contributed by atoms with Gasteiger partial charge in [0.1, 0.15) is 18.0 Å². The van der Waals surface area contributed by atoms with Crippen LogP contribution in [0.15, 0.2) is 54.7 Å². The average Bonchev–Trinajstić information content (AvgIpc) is 2.85. The predicted molar refractivity (Wildman–Crippen MR) is 150 cm³/mol. The third-order valence-corrected chi connectivity index (χ3v) is 7.50. The van der Waals surface area contributed by atoms with Crippen molar-refractivity contribution in [2.45, 2.75) is 51.3 Å². The second-order valence-corrected chi connectivity index (χ2v) is 10.8. The van der Waals surface area contributed by atoms with Crippen molar-refractivity contribution in [1.29, 1.82) is 0 Å². The third-order valence-electron chi connectivity index (χ3n) is 7.18. The molecule has 216 valence electrons. The number of hydrogen-bond acceptors (Lipinski definition) is 4. The Kier molecular flexibility index (Phi) is 12.8. The van der Waals surface area contributed by atoms with Crippen LogP contribution < -0.4 is 4.74 Å². The van der Waals surface area contributed by atoms with Crippen molar-refractivity contribution in [3.05, 3.63) is 65.2 Å². The lowest BCUT2D eigenvalue weighted by Crippen LogP contribution is -2.37. The van der Waals surface area contributed by atoms with Crippen molar-refractivity contribution in [2.75, 3.05) is 34.2 Å². The molecule has 0 spiro atoms. The highest BCUT2D eigenvalue weighted by Gasteiger charge is 2.40. The van der Waals surface area contributed by atoms with Crippen LogP contribution in [0.5, 0.6) is 5.75 Å². The Morgan fingerprint density at radius 3 is 2.36 bits per heavy atom. The number of benzene rings is 1. The summed E-state index contributed by atoms with van der Waals surface area (Å²) in [6.07, 6.45) is 7.16. The highest BCUT2D eigenvalue weighted by atomic mass is 35.5. The fraction of sp³-hybridized carbons (Fsp3) is 0.533. The summed E-state index contributed by atoms with van der Waals surface area (Å²) in [6.45, 7) is 7.27. The number of carbonyl (C=O) groups is 2. The molecular formula is C30H40ClF3N2O3. The van der Waals surface area contributed by atoms with Crippen LogP contribution in [0.4, 0.5) is 13.2 Å². The number of piperidine rings is 1. The minimum atomic E-state index is -4.53. The molecule has 9 heteroatoms. The number of amides is 1. The van der Waals surface area contributed by atoms with Crippen LogP contribution in [0, 0.1) is 17.8 Å². The maximum atomic E-state index is 12.3. The second kappa shape index (κ2) is 15.3. The maximum absolute atomic E-state index is 12.3. The van der Waals surface area contributed by atoms with Gasteiger partial charge in [-0.05, 0) is 94.8 Å². The Morgan fingerprint density at radius 1 is 1.23 bits per heavy atom. The number of rotatable bonds is 9. The van der Waals surface area contributed by atoms with Crippen LogP contribution >= 0.6 is 11.6 Å². The van der Waals surface area contributed by atoms with E-state index in [1.165, 1.54) is 68.5 Å². The lowest BCUT2D eigenvalue weighted by atomic mass is 9.74. The number of likely N-dealkylation sites (tertiary alicyclic amines) is 1. The Hall–Kier alpha value is -2.58. The van der Waals surface area contributed by atoms with Gasteiger partial charge in [0, 0.05) is 14.1 Å². The number of hydrogen-bond donors (Lipinski definition) is 0. The van der Waals surface area contributed by atoms with Gasteiger partial charge >= 0.3 is 6.18 Å². The van der Waals surface area contributed by atoms with Gasteiger partial charge < -0.3 is 19.3 Å². The van der Waals surface area contributed by atoms with Crippen molar-refractivity contribution in [3.8, 4) is 5.75 Å². The first kappa shape index (κ1) is 32.6. The van der Waals surface area contributed by atoms with Gasteiger partial charge in [-0.3, -0.25) is 4.79 Å². The molecule has 1 aromatic carbocycles. The molecule has 3 rings (SSSR count). The van der Waals surface area contributed by atoms with Gasteiger partial charge in [-0.25, -0.2) is 0 Å². The summed E-state index contributed by atoms with van der Waals surface area (Å²) in [5.74, 6) is 0.335. The fourth-order valence-corrected chi connectivity index (χ4v) is 5.06. The van der Waals surface area contributed by atoms with Crippen molar-refractivity contribution in [3.63, 3.8) is 0 Å². The van der Waals surface area contributed by atoms with Crippen LogP contribution in [0.25, 0.3) is 0 Å². The second-order valence-electron chi connectivity index (χ2n) is 10.4. The van der Waals surface area contributed by atoms with Crippen molar-refractivity contribution in [1.82, 2.24) is 9.80 Å². The minimum Gasteiger partial charge on any atom is -0.490 e. The molecule has 0 N–H and O–H groups in total. The number of allylic oxidation sites excluding steroid dienone is 5. The zero-order valence-corrected chi connectivity index (χ0v) is 24.0. The maximum Gasteiger partial charge on any atom is 0.402 e. The Balaban J connectivity index is 0.000000326. The Morgan fingerprint density at radius 2 is 1.87 bits per heavy atom. The van der Waals surface area contributed by atoms with E-state index in [0.717, 1.165) is 30.4 Å². The molecule has 1 saturated carbocycles. The van der Waals surface area contributed by atoms with Crippen molar-refractivity contribution < 1.29 is 27.5 Å². The monoisotopic (exact) mass is 568 g/mol. The number of halogens is 4. The number of carbonyl (C=O) groups excluding carboxylic acids is 2. The first-order valence-corrected chi connectivity index (χ1v) is 13.6. The summed E-state index contributed by atoms with van der Waals surface area (Å²) in [5, 5.41) is 0.457.